The molecule has 8 heteroatoms. The van der Waals surface area contributed by atoms with Gasteiger partial charge in [0.1, 0.15) is 0 Å². The predicted molar refractivity (Wildman–Crippen MR) is 126 cm³/mol. The predicted octanol–water partition coefficient (Wildman–Crippen LogP) is 1.69. The first-order chi connectivity index (χ1) is 14.9. The number of hydrogen-bond donors (Lipinski definition) is 4. The molecule has 0 aliphatic heterocycles. The second kappa shape index (κ2) is 22.0. The zero-order chi connectivity index (χ0) is 23.2. The van der Waals surface area contributed by atoms with Crippen molar-refractivity contribution in [3.05, 3.63) is 0 Å². The average molecular weight is 445 g/mol. The summed E-state index contributed by atoms with van der Waals surface area (Å²) in [5.41, 5.74) is 0. The molecule has 0 saturated heterocycles. The van der Waals surface area contributed by atoms with Crippen LogP contribution in [0.1, 0.15) is 59.8 Å². The molecule has 0 amide bonds. The van der Waals surface area contributed by atoms with Crippen LogP contribution in [0.2, 0.25) is 0 Å². The lowest BCUT2D eigenvalue weighted by molar-refractivity contribution is -0.145. The van der Waals surface area contributed by atoms with E-state index in [-0.39, 0.29) is 11.9 Å². The summed E-state index contributed by atoms with van der Waals surface area (Å²) < 4.78 is 10.3. The molecule has 0 aliphatic carbocycles. The van der Waals surface area contributed by atoms with Gasteiger partial charge in [-0.15, -0.1) is 0 Å². The minimum absolute atomic E-state index is 0.0835. The molecule has 0 unspecified atom stereocenters. The van der Waals surface area contributed by atoms with Crippen molar-refractivity contribution in [2.75, 3.05) is 65.6 Å². The molecule has 4 N–H and O–H groups in total. The molecule has 0 fully saturated rings. The Labute approximate surface area is 190 Å². The van der Waals surface area contributed by atoms with Crippen LogP contribution in [-0.2, 0) is 19.1 Å². The Morgan fingerprint density at radius 2 is 0.903 bits per heavy atom. The Hall–Kier alpha value is -1.22. The molecular formula is C23H48N4O4. The molecule has 0 spiro atoms. The third kappa shape index (κ3) is 24.9. The maximum absolute atomic E-state index is 11.5. The summed E-state index contributed by atoms with van der Waals surface area (Å²) in [5, 5.41) is 13.5. The number of carbonyl (C=O) groups is 2. The minimum Gasteiger partial charge on any atom is -0.465 e. The van der Waals surface area contributed by atoms with Crippen molar-refractivity contribution in [1.29, 1.82) is 0 Å². The number of ether oxygens (including phenoxy) is 2. The smallest absolute Gasteiger partial charge is 0.305 e. The van der Waals surface area contributed by atoms with Gasteiger partial charge in [0.2, 0.25) is 0 Å². The molecule has 31 heavy (non-hydrogen) atoms. The van der Waals surface area contributed by atoms with Gasteiger partial charge in [-0.1, -0.05) is 27.7 Å². The summed E-state index contributed by atoms with van der Waals surface area (Å²) in [7, 11) is 0. The van der Waals surface area contributed by atoms with E-state index in [1.165, 1.54) is 0 Å². The topological polar surface area (TPSA) is 101 Å². The molecule has 0 aromatic heterocycles. The summed E-state index contributed by atoms with van der Waals surface area (Å²) >= 11 is 0. The number of nitrogens with one attached hydrogen (secondary N) is 4. The fourth-order valence-electron chi connectivity index (χ4n) is 2.57. The molecule has 0 aromatic carbocycles. The molecule has 0 aliphatic rings. The second-order valence-corrected chi connectivity index (χ2v) is 8.71. The summed E-state index contributed by atoms with van der Waals surface area (Å²) in [5.74, 6) is 0.603. The van der Waals surface area contributed by atoms with Crippen LogP contribution < -0.4 is 21.3 Å². The zero-order valence-corrected chi connectivity index (χ0v) is 20.4. The van der Waals surface area contributed by atoms with Gasteiger partial charge in [0.15, 0.2) is 0 Å². The van der Waals surface area contributed by atoms with E-state index in [4.69, 9.17) is 9.47 Å². The normalized spacial score (nSPS) is 11.3. The van der Waals surface area contributed by atoms with Crippen LogP contribution in [0.5, 0.6) is 0 Å². The summed E-state index contributed by atoms with van der Waals surface area (Å²) in [6, 6.07) is 0. The lowest BCUT2D eigenvalue weighted by Gasteiger charge is -2.09. The molecule has 0 bridgehead atoms. The van der Waals surface area contributed by atoms with Crippen molar-refractivity contribution in [2.45, 2.75) is 59.8 Å². The largest absolute Gasteiger partial charge is 0.465 e. The Morgan fingerprint density at radius 1 is 0.548 bits per heavy atom. The van der Waals surface area contributed by atoms with Gasteiger partial charge in [-0.2, -0.15) is 0 Å². The van der Waals surface area contributed by atoms with Gasteiger partial charge < -0.3 is 30.7 Å². The van der Waals surface area contributed by atoms with Crippen LogP contribution >= 0.6 is 0 Å². The molecule has 0 heterocycles. The van der Waals surface area contributed by atoms with E-state index in [0.717, 1.165) is 71.6 Å². The third-order valence-electron chi connectivity index (χ3n) is 4.31. The highest BCUT2D eigenvalue weighted by molar-refractivity contribution is 5.69. The van der Waals surface area contributed by atoms with Crippen LogP contribution in [0.3, 0.4) is 0 Å². The van der Waals surface area contributed by atoms with E-state index >= 15 is 0 Å². The van der Waals surface area contributed by atoms with Crippen LogP contribution in [0.4, 0.5) is 0 Å². The van der Waals surface area contributed by atoms with Crippen molar-refractivity contribution in [3.8, 4) is 0 Å². The van der Waals surface area contributed by atoms with E-state index in [2.05, 4.69) is 21.3 Å². The standard InChI is InChI=1S/C23H48N4O4/c1-20(2)18-30-22(28)8-5-6-10-24-12-14-26-16-17-27-15-13-25-11-7-9-23(29)31-19-21(3)4/h20-21,24-27H,5-19H2,1-4H3. The first kappa shape index (κ1) is 29.8. The van der Waals surface area contributed by atoms with Gasteiger partial charge in [-0.3, -0.25) is 9.59 Å². The van der Waals surface area contributed by atoms with Crippen molar-refractivity contribution < 1.29 is 19.1 Å². The Bertz CT molecular complexity index is 396. The van der Waals surface area contributed by atoms with Gasteiger partial charge in [-0.05, 0) is 44.2 Å². The summed E-state index contributed by atoms with van der Waals surface area (Å²) in [4.78, 5) is 23.0. The SMILES string of the molecule is CC(C)COC(=O)CCCCNCCNCCNCCNCCCC(=O)OCC(C)C. The van der Waals surface area contributed by atoms with Gasteiger partial charge >= 0.3 is 11.9 Å². The average Bonchev–Trinajstić information content (AvgIpc) is 2.72. The second-order valence-electron chi connectivity index (χ2n) is 8.71. The molecule has 0 aromatic rings. The molecule has 8 nitrogen and oxygen atoms in total. The number of hydrogen-bond acceptors (Lipinski definition) is 8. The lowest BCUT2D eigenvalue weighted by atomic mass is 10.2. The molecular weight excluding hydrogens is 396 g/mol. The highest BCUT2D eigenvalue weighted by Crippen LogP contribution is 2.00. The van der Waals surface area contributed by atoms with E-state index in [1.807, 2.05) is 27.7 Å². The van der Waals surface area contributed by atoms with Crippen LogP contribution in [0.15, 0.2) is 0 Å². The molecule has 184 valence electrons. The number of rotatable bonds is 22. The molecule has 0 radical (unpaired) electrons. The van der Waals surface area contributed by atoms with Crippen LogP contribution in [0, 0.1) is 11.8 Å². The van der Waals surface area contributed by atoms with Crippen LogP contribution in [0.25, 0.3) is 0 Å². The molecule has 0 saturated carbocycles. The summed E-state index contributed by atoms with van der Waals surface area (Å²) in [6.45, 7) is 16.5. The Kier molecular flexibility index (Phi) is 21.1. The van der Waals surface area contributed by atoms with Gasteiger partial charge in [-0.25, -0.2) is 0 Å². The van der Waals surface area contributed by atoms with E-state index in [1.54, 1.807) is 0 Å². The van der Waals surface area contributed by atoms with E-state index in [9.17, 15) is 9.59 Å². The molecule has 0 rings (SSSR count). The lowest BCUT2D eigenvalue weighted by Crippen LogP contribution is -2.35. The first-order valence-corrected chi connectivity index (χ1v) is 12.1. The van der Waals surface area contributed by atoms with Crippen molar-refractivity contribution >= 4 is 11.9 Å². The third-order valence-corrected chi connectivity index (χ3v) is 4.31. The Morgan fingerprint density at radius 3 is 1.32 bits per heavy atom. The highest BCUT2D eigenvalue weighted by atomic mass is 16.5. The quantitative estimate of drug-likeness (QED) is 0.148. The zero-order valence-electron chi connectivity index (χ0n) is 20.4. The van der Waals surface area contributed by atoms with E-state index < -0.39 is 0 Å². The number of esters is 2. The fraction of sp³-hybridized carbons (Fsp3) is 0.913. The van der Waals surface area contributed by atoms with Gasteiger partial charge in [0.05, 0.1) is 13.2 Å². The molecule has 0 atom stereocenters. The van der Waals surface area contributed by atoms with Crippen molar-refractivity contribution in [2.24, 2.45) is 11.8 Å². The first-order valence-electron chi connectivity index (χ1n) is 12.1. The number of carbonyl (C=O) groups excluding carboxylic acids is 2. The monoisotopic (exact) mass is 444 g/mol. The number of unbranched alkanes of at least 4 members (excludes halogenated alkanes) is 1. The minimum atomic E-state index is -0.101. The maximum Gasteiger partial charge on any atom is 0.305 e. The Balaban J connectivity index is 3.17. The van der Waals surface area contributed by atoms with Crippen LogP contribution in [-0.4, -0.2) is 77.5 Å². The van der Waals surface area contributed by atoms with Crippen molar-refractivity contribution in [1.82, 2.24) is 21.3 Å². The fourth-order valence-corrected chi connectivity index (χ4v) is 2.57. The highest BCUT2D eigenvalue weighted by Gasteiger charge is 2.04. The summed E-state index contributed by atoms with van der Waals surface area (Å²) in [6.07, 6.45) is 3.67. The van der Waals surface area contributed by atoms with E-state index in [0.29, 0.717) is 37.9 Å². The maximum atomic E-state index is 11.5. The van der Waals surface area contributed by atoms with Crippen molar-refractivity contribution in [3.63, 3.8) is 0 Å². The van der Waals surface area contributed by atoms with Gasteiger partial charge in [0, 0.05) is 52.1 Å². The van der Waals surface area contributed by atoms with Gasteiger partial charge in [0.25, 0.3) is 0 Å².